The van der Waals surface area contributed by atoms with Crippen molar-refractivity contribution in [3.63, 3.8) is 0 Å². The number of aryl methyl sites for hydroxylation is 2. The fraction of sp³-hybridized carbons (Fsp3) is 0.750. The molecule has 3 N–H and O–H groups in total. The van der Waals surface area contributed by atoms with E-state index in [1.807, 2.05) is 14.0 Å². The van der Waals surface area contributed by atoms with E-state index in [2.05, 4.69) is 15.7 Å². The molecule has 1 aliphatic heterocycles. The van der Waals surface area contributed by atoms with Crippen LogP contribution < -0.4 is 10.6 Å². The van der Waals surface area contributed by atoms with E-state index in [0.717, 1.165) is 44.5 Å². The van der Waals surface area contributed by atoms with Crippen LogP contribution in [0.2, 0.25) is 0 Å². The van der Waals surface area contributed by atoms with Crippen LogP contribution in [0.3, 0.4) is 0 Å². The van der Waals surface area contributed by atoms with E-state index in [0.29, 0.717) is 17.4 Å². The summed E-state index contributed by atoms with van der Waals surface area (Å²) in [5.41, 5.74) is 1.42. The number of hydrogen-bond donors (Lipinski definition) is 3. The second-order valence-electron chi connectivity index (χ2n) is 6.77. The van der Waals surface area contributed by atoms with Gasteiger partial charge in [0.05, 0.1) is 17.4 Å². The number of aromatic nitrogens is 2. The molecule has 0 spiro atoms. The van der Waals surface area contributed by atoms with Crippen LogP contribution in [-0.2, 0) is 7.05 Å². The SMILES string of the molecule is Cc1nn(C)cc1C(=O)NC(C1CCNCC1)C1CC(O)C1.Cl. The maximum absolute atomic E-state index is 12.6. The highest BCUT2D eigenvalue weighted by Crippen LogP contribution is 2.35. The summed E-state index contributed by atoms with van der Waals surface area (Å²) in [6.07, 6.45) is 5.38. The van der Waals surface area contributed by atoms with Gasteiger partial charge in [-0.1, -0.05) is 0 Å². The van der Waals surface area contributed by atoms with Gasteiger partial charge in [0, 0.05) is 19.3 Å². The van der Waals surface area contributed by atoms with Gasteiger partial charge in [-0.25, -0.2) is 0 Å². The van der Waals surface area contributed by atoms with Crippen LogP contribution in [0.1, 0.15) is 41.7 Å². The van der Waals surface area contributed by atoms with Crippen LogP contribution in [0.4, 0.5) is 0 Å². The molecule has 2 heterocycles. The van der Waals surface area contributed by atoms with Gasteiger partial charge in [-0.2, -0.15) is 5.10 Å². The van der Waals surface area contributed by atoms with E-state index < -0.39 is 0 Å². The zero-order chi connectivity index (χ0) is 15.7. The van der Waals surface area contributed by atoms with Gasteiger partial charge in [0.15, 0.2) is 0 Å². The van der Waals surface area contributed by atoms with Gasteiger partial charge in [-0.05, 0) is 57.5 Å². The zero-order valence-electron chi connectivity index (χ0n) is 13.8. The van der Waals surface area contributed by atoms with Crippen molar-refractivity contribution in [1.82, 2.24) is 20.4 Å². The van der Waals surface area contributed by atoms with Crippen LogP contribution in [-0.4, -0.2) is 46.0 Å². The molecule has 0 bridgehead atoms. The Labute approximate surface area is 143 Å². The summed E-state index contributed by atoms with van der Waals surface area (Å²) >= 11 is 0. The maximum atomic E-state index is 12.6. The Morgan fingerprint density at radius 2 is 2.04 bits per heavy atom. The van der Waals surface area contributed by atoms with Gasteiger partial charge in [0.1, 0.15) is 0 Å². The third kappa shape index (κ3) is 4.05. The zero-order valence-corrected chi connectivity index (χ0v) is 14.6. The number of piperidine rings is 1. The first-order valence-corrected chi connectivity index (χ1v) is 8.24. The smallest absolute Gasteiger partial charge is 0.254 e. The standard InChI is InChI=1S/C16H26N4O2.ClH/c1-10-14(9-20(2)19-10)16(22)18-15(12-7-13(21)8-12)11-3-5-17-6-4-11;/h9,11-13,15,17,21H,3-8H2,1-2H3,(H,18,22);1H. The topological polar surface area (TPSA) is 79.2 Å². The van der Waals surface area contributed by atoms with Crippen molar-refractivity contribution in [1.29, 1.82) is 0 Å². The minimum atomic E-state index is -0.189. The van der Waals surface area contributed by atoms with Gasteiger partial charge in [-0.15, -0.1) is 12.4 Å². The number of hydrogen-bond acceptors (Lipinski definition) is 4. The number of carbonyl (C=O) groups is 1. The summed E-state index contributed by atoms with van der Waals surface area (Å²) in [6, 6.07) is 0.164. The summed E-state index contributed by atoms with van der Waals surface area (Å²) in [5, 5.41) is 20.5. The Hall–Kier alpha value is -1.11. The van der Waals surface area contributed by atoms with E-state index >= 15 is 0 Å². The Morgan fingerprint density at radius 3 is 2.57 bits per heavy atom. The van der Waals surface area contributed by atoms with Crippen molar-refractivity contribution in [2.75, 3.05) is 13.1 Å². The van der Waals surface area contributed by atoms with Crippen LogP contribution >= 0.6 is 12.4 Å². The molecule has 1 saturated heterocycles. The van der Waals surface area contributed by atoms with Crippen LogP contribution in [0.25, 0.3) is 0 Å². The number of rotatable bonds is 4. The molecule has 7 heteroatoms. The fourth-order valence-corrected chi connectivity index (χ4v) is 3.80. The molecule has 130 valence electrons. The lowest BCUT2D eigenvalue weighted by atomic mass is 9.71. The van der Waals surface area contributed by atoms with Crippen LogP contribution in [0, 0.1) is 18.8 Å². The Morgan fingerprint density at radius 1 is 1.39 bits per heavy atom. The molecule has 1 aliphatic carbocycles. The molecule has 6 nitrogen and oxygen atoms in total. The number of aliphatic hydroxyl groups excluding tert-OH is 1. The molecule has 0 aromatic carbocycles. The third-order valence-corrected chi connectivity index (χ3v) is 5.11. The second-order valence-corrected chi connectivity index (χ2v) is 6.77. The van der Waals surface area contributed by atoms with Gasteiger partial charge in [-0.3, -0.25) is 9.48 Å². The number of nitrogens with zero attached hydrogens (tertiary/aromatic N) is 2. The van der Waals surface area contributed by atoms with Gasteiger partial charge < -0.3 is 15.7 Å². The van der Waals surface area contributed by atoms with E-state index in [-0.39, 0.29) is 30.5 Å². The average molecular weight is 343 g/mol. The van der Waals surface area contributed by atoms with E-state index in [1.165, 1.54) is 0 Å². The minimum absolute atomic E-state index is 0. The summed E-state index contributed by atoms with van der Waals surface area (Å²) in [6.45, 7) is 3.89. The Balaban J connectivity index is 0.00000192. The third-order valence-electron chi connectivity index (χ3n) is 5.11. The summed E-state index contributed by atoms with van der Waals surface area (Å²) in [7, 11) is 1.83. The largest absolute Gasteiger partial charge is 0.393 e. The number of aliphatic hydroxyl groups is 1. The molecule has 2 aliphatic rings. The highest BCUT2D eigenvalue weighted by atomic mass is 35.5. The average Bonchev–Trinajstić information content (AvgIpc) is 2.81. The van der Waals surface area contributed by atoms with Crippen molar-refractivity contribution in [2.45, 2.75) is 44.8 Å². The number of carbonyl (C=O) groups excluding carboxylic acids is 1. The van der Waals surface area contributed by atoms with E-state index in [9.17, 15) is 9.90 Å². The quantitative estimate of drug-likeness (QED) is 0.763. The monoisotopic (exact) mass is 342 g/mol. The van der Waals surface area contributed by atoms with Crippen LogP contribution in [0.15, 0.2) is 6.20 Å². The molecule has 1 atom stereocenters. The van der Waals surface area contributed by atoms with E-state index in [4.69, 9.17) is 0 Å². The molecule has 0 radical (unpaired) electrons. The van der Waals surface area contributed by atoms with Crippen molar-refractivity contribution >= 4 is 18.3 Å². The predicted octanol–water partition coefficient (Wildman–Crippen LogP) is 1.02. The first kappa shape index (κ1) is 18.2. The lowest BCUT2D eigenvalue weighted by Gasteiger charge is -2.43. The lowest BCUT2D eigenvalue weighted by molar-refractivity contribution is 0.00918. The molecule has 1 saturated carbocycles. The summed E-state index contributed by atoms with van der Waals surface area (Å²) in [5.74, 6) is 0.870. The highest BCUT2D eigenvalue weighted by molar-refractivity contribution is 5.95. The molecular formula is C16H27ClN4O2. The molecule has 1 aromatic rings. The summed E-state index contributed by atoms with van der Waals surface area (Å²) in [4.78, 5) is 12.6. The fourth-order valence-electron chi connectivity index (χ4n) is 3.80. The highest BCUT2D eigenvalue weighted by Gasteiger charge is 2.39. The number of nitrogens with one attached hydrogen (secondary N) is 2. The van der Waals surface area contributed by atoms with Crippen molar-refractivity contribution in [3.8, 4) is 0 Å². The van der Waals surface area contributed by atoms with Crippen molar-refractivity contribution < 1.29 is 9.90 Å². The second kappa shape index (κ2) is 7.64. The van der Waals surface area contributed by atoms with Crippen LogP contribution in [0.5, 0.6) is 0 Å². The predicted molar refractivity (Wildman–Crippen MR) is 90.8 cm³/mol. The number of halogens is 1. The van der Waals surface area contributed by atoms with Crippen molar-refractivity contribution in [2.24, 2.45) is 18.9 Å². The molecule has 1 amide bonds. The first-order chi connectivity index (χ1) is 10.5. The Kier molecular flexibility index (Phi) is 6.06. The molecule has 23 heavy (non-hydrogen) atoms. The Bertz CT molecular complexity index is 536. The van der Waals surface area contributed by atoms with Crippen molar-refractivity contribution in [3.05, 3.63) is 17.5 Å². The molecule has 3 rings (SSSR count). The van der Waals surface area contributed by atoms with Gasteiger partial charge in [0.2, 0.25) is 0 Å². The molecule has 1 aromatic heterocycles. The van der Waals surface area contributed by atoms with Gasteiger partial charge >= 0.3 is 0 Å². The molecular weight excluding hydrogens is 316 g/mol. The number of amides is 1. The summed E-state index contributed by atoms with van der Waals surface area (Å²) < 4.78 is 1.68. The van der Waals surface area contributed by atoms with Gasteiger partial charge in [0.25, 0.3) is 5.91 Å². The lowest BCUT2D eigenvalue weighted by Crippen LogP contribution is -2.52. The molecule has 2 fully saturated rings. The maximum Gasteiger partial charge on any atom is 0.254 e. The first-order valence-electron chi connectivity index (χ1n) is 8.24. The molecule has 1 unspecified atom stereocenters. The normalized spacial score (nSPS) is 26.0. The minimum Gasteiger partial charge on any atom is -0.393 e. The van der Waals surface area contributed by atoms with E-state index in [1.54, 1.807) is 10.9 Å².